The summed E-state index contributed by atoms with van der Waals surface area (Å²) in [6, 6.07) is 10.2. The molecule has 3 rings (SSSR count). The van der Waals surface area contributed by atoms with Gasteiger partial charge in [0.05, 0.1) is 22.4 Å². The van der Waals surface area contributed by atoms with Crippen LogP contribution in [0, 0.1) is 13.8 Å². The number of rotatable bonds is 7. The second-order valence-corrected chi connectivity index (χ2v) is 6.82. The number of nitrogens with zero attached hydrogens (tertiary/aromatic N) is 1. The highest BCUT2D eigenvalue weighted by molar-refractivity contribution is 5.92. The molecule has 168 valence electrons. The lowest BCUT2D eigenvalue weighted by atomic mass is 10.2. The molecule has 2 aromatic carbocycles. The van der Waals surface area contributed by atoms with Crippen LogP contribution in [0.15, 0.2) is 53.1 Å². The average Bonchev–Trinajstić information content (AvgIpc) is 3.08. The number of carbonyl (C=O) groups is 2. The van der Waals surface area contributed by atoms with E-state index in [1.54, 1.807) is 13.8 Å². The van der Waals surface area contributed by atoms with Gasteiger partial charge in [-0.15, -0.1) is 0 Å². The molecule has 0 saturated heterocycles. The number of nitrogens with one attached hydrogen (secondary N) is 1. The van der Waals surface area contributed by atoms with Gasteiger partial charge in [-0.25, -0.2) is 4.79 Å². The number of hydrogen-bond acceptors (Lipinski definition) is 6. The Hall–Kier alpha value is -3.82. The summed E-state index contributed by atoms with van der Waals surface area (Å²) in [6.07, 6.45) is -4.51. The summed E-state index contributed by atoms with van der Waals surface area (Å²) >= 11 is 0. The lowest BCUT2D eigenvalue weighted by molar-refractivity contribution is -0.137. The van der Waals surface area contributed by atoms with E-state index >= 15 is 0 Å². The van der Waals surface area contributed by atoms with E-state index in [0.29, 0.717) is 22.8 Å². The Morgan fingerprint density at radius 2 is 1.81 bits per heavy atom. The fourth-order valence-corrected chi connectivity index (χ4v) is 2.74. The van der Waals surface area contributed by atoms with Crippen molar-refractivity contribution in [1.29, 1.82) is 0 Å². The molecule has 1 N–H and O–H groups in total. The van der Waals surface area contributed by atoms with Crippen molar-refractivity contribution in [1.82, 2.24) is 5.16 Å². The number of esters is 1. The predicted octanol–water partition coefficient (Wildman–Crippen LogP) is 4.68. The molecule has 0 aliphatic rings. The molecule has 0 saturated carbocycles. The summed E-state index contributed by atoms with van der Waals surface area (Å²) in [5.74, 6) is -0.319. The third kappa shape index (κ3) is 5.87. The monoisotopic (exact) mass is 448 g/mol. The van der Waals surface area contributed by atoms with Crippen LogP contribution in [-0.2, 0) is 22.3 Å². The second-order valence-electron chi connectivity index (χ2n) is 6.82. The fourth-order valence-electron chi connectivity index (χ4n) is 2.74. The van der Waals surface area contributed by atoms with Gasteiger partial charge in [0.2, 0.25) is 0 Å². The van der Waals surface area contributed by atoms with E-state index in [9.17, 15) is 22.8 Å². The largest absolute Gasteiger partial charge is 0.484 e. The van der Waals surface area contributed by atoms with Gasteiger partial charge >= 0.3 is 12.1 Å². The minimum absolute atomic E-state index is 0.00446. The normalized spacial score (nSPS) is 11.2. The van der Waals surface area contributed by atoms with Gasteiger partial charge in [0.1, 0.15) is 18.1 Å². The van der Waals surface area contributed by atoms with Crippen LogP contribution in [0.4, 0.5) is 18.9 Å². The SMILES string of the molecule is Cc1noc(C)c1COC(=O)c1ccc(OCC(=O)Nc2cccc(C(F)(F)F)c2)cc1. The first-order valence-corrected chi connectivity index (χ1v) is 9.42. The number of ether oxygens (including phenoxy) is 2. The number of benzene rings is 2. The molecule has 0 bridgehead atoms. The summed E-state index contributed by atoms with van der Waals surface area (Å²) in [5.41, 5.74) is 0.753. The third-order valence-electron chi connectivity index (χ3n) is 4.46. The summed E-state index contributed by atoms with van der Waals surface area (Å²) in [5, 5.41) is 6.13. The highest BCUT2D eigenvalue weighted by atomic mass is 19.4. The molecule has 0 radical (unpaired) electrons. The van der Waals surface area contributed by atoms with E-state index in [2.05, 4.69) is 10.5 Å². The molecular formula is C22H19F3N2O5. The van der Waals surface area contributed by atoms with Crippen molar-refractivity contribution in [3.05, 3.63) is 76.7 Å². The number of halogens is 3. The fraction of sp³-hybridized carbons (Fsp3) is 0.227. The lowest BCUT2D eigenvalue weighted by Crippen LogP contribution is -2.20. The van der Waals surface area contributed by atoms with Gasteiger partial charge in [-0.3, -0.25) is 4.79 Å². The van der Waals surface area contributed by atoms with Gasteiger partial charge in [-0.2, -0.15) is 13.2 Å². The maximum atomic E-state index is 12.7. The first-order chi connectivity index (χ1) is 15.1. The van der Waals surface area contributed by atoms with Crippen LogP contribution < -0.4 is 10.1 Å². The summed E-state index contributed by atoms with van der Waals surface area (Å²) in [7, 11) is 0. The van der Waals surface area contributed by atoms with Gasteiger partial charge in [0.25, 0.3) is 5.91 Å². The van der Waals surface area contributed by atoms with E-state index in [-0.39, 0.29) is 17.9 Å². The Balaban J connectivity index is 1.50. The highest BCUT2D eigenvalue weighted by Gasteiger charge is 2.30. The Morgan fingerprint density at radius 3 is 2.44 bits per heavy atom. The van der Waals surface area contributed by atoms with Gasteiger partial charge in [0.15, 0.2) is 6.61 Å². The smallest absolute Gasteiger partial charge is 0.416 e. The lowest BCUT2D eigenvalue weighted by Gasteiger charge is -2.11. The van der Waals surface area contributed by atoms with Crippen molar-refractivity contribution in [3.63, 3.8) is 0 Å². The van der Waals surface area contributed by atoms with Crippen LogP contribution in [0.3, 0.4) is 0 Å². The Kier molecular flexibility index (Phi) is 6.82. The minimum Gasteiger partial charge on any atom is -0.484 e. The first-order valence-electron chi connectivity index (χ1n) is 9.42. The second kappa shape index (κ2) is 9.54. The highest BCUT2D eigenvalue weighted by Crippen LogP contribution is 2.30. The van der Waals surface area contributed by atoms with E-state index < -0.39 is 30.2 Å². The zero-order valence-corrected chi connectivity index (χ0v) is 17.2. The third-order valence-corrected chi connectivity index (χ3v) is 4.46. The van der Waals surface area contributed by atoms with E-state index in [0.717, 1.165) is 12.1 Å². The number of aromatic nitrogens is 1. The number of hydrogen-bond donors (Lipinski definition) is 1. The van der Waals surface area contributed by atoms with Crippen LogP contribution in [0.2, 0.25) is 0 Å². The van der Waals surface area contributed by atoms with Crippen LogP contribution in [0.5, 0.6) is 5.75 Å². The summed E-state index contributed by atoms with van der Waals surface area (Å²) < 4.78 is 53.8. The Morgan fingerprint density at radius 1 is 1.09 bits per heavy atom. The molecule has 0 aliphatic heterocycles. The number of carbonyl (C=O) groups excluding carboxylic acids is 2. The zero-order valence-electron chi connectivity index (χ0n) is 17.2. The maximum Gasteiger partial charge on any atom is 0.416 e. The van der Waals surface area contributed by atoms with Crippen LogP contribution in [0.1, 0.15) is 32.9 Å². The molecule has 0 fully saturated rings. The molecule has 10 heteroatoms. The average molecular weight is 448 g/mol. The molecule has 7 nitrogen and oxygen atoms in total. The van der Waals surface area contributed by atoms with Crippen molar-refractivity contribution in [2.45, 2.75) is 26.6 Å². The van der Waals surface area contributed by atoms with E-state index in [4.69, 9.17) is 14.0 Å². The molecule has 1 amide bonds. The Bertz CT molecular complexity index is 1090. The maximum absolute atomic E-state index is 12.7. The molecule has 0 spiro atoms. The van der Waals surface area contributed by atoms with Crippen molar-refractivity contribution < 1.29 is 36.8 Å². The number of alkyl halides is 3. The van der Waals surface area contributed by atoms with Gasteiger partial charge in [0, 0.05) is 5.69 Å². The minimum atomic E-state index is -4.51. The number of anilines is 1. The van der Waals surface area contributed by atoms with Gasteiger partial charge < -0.3 is 19.3 Å². The van der Waals surface area contributed by atoms with Crippen LogP contribution in [-0.4, -0.2) is 23.6 Å². The van der Waals surface area contributed by atoms with Gasteiger partial charge in [-0.05, 0) is 56.3 Å². The standard InChI is InChI=1S/C22H19F3N2O5/c1-13-19(14(2)32-27-13)11-31-21(29)15-6-8-18(9-7-15)30-12-20(28)26-17-5-3-4-16(10-17)22(23,24)25/h3-10H,11-12H2,1-2H3,(H,26,28). The summed E-state index contributed by atoms with van der Waals surface area (Å²) in [4.78, 5) is 24.2. The van der Waals surface area contributed by atoms with Crippen molar-refractivity contribution >= 4 is 17.6 Å². The molecule has 0 atom stereocenters. The van der Waals surface area contributed by atoms with Crippen LogP contribution in [0.25, 0.3) is 0 Å². The molecule has 1 heterocycles. The molecule has 32 heavy (non-hydrogen) atoms. The van der Waals surface area contributed by atoms with Crippen molar-refractivity contribution in [2.75, 3.05) is 11.9 Å². The van der Waals surface area contributed by atoms with E-state index in [1.165, 1.54) is 36.4 Å². The topological polar surface area (TPSA) is 90.7 Å². The molecule has 0 aliphatic carbocycles. The van der Waals surface area contributed by atoms with Crippen LogP contribution >= 0.6 is 0 Å². The zero-order chi connectivity index (χ0) is 23.3. The molecule has 1 aromatic heterocycles. The van der Waals surface area contributed by atoms with Crippen molar-refractivity contribution in [3.8, 4) is 5.75 Å². The van der Waals surface area contributed by atoms with Crippen molar-refractivity contribution in [2.24, 2.45) is 0 Å². The van der Waals surface area contributed by atoms with Gasteiger partial charge in [-0.1, -0.05) is 11.2 Å². The molecule has 3 aromatic rings. The van der Waals surface area contributed by atoms with E-state index in [1.807, 2.05) is 0 Å². The summed E-state index contributed by atoms with van der Waals surface area (Å²) in [6.45, 7) is 3.06. The molecular weight excluding hydrogens is 429 g/mol. The predicted molar refractivity (Wildman–Crippen MR) is 107 cm³/mol. The molecule has 0 unspecified atom stereocenters. The quantitative estimate of drug-likeness (QED) is 0.528. The number of aryl methyl sites for hydroxylation is 2. The Labute approximate surface area is 181 Å². The number of amides is 1. The first kappa shape index (κ1) is 22.9.